The van der Waals surface area contributed by atoms with Gasteiger partial charge in [-0.05, 0) is 25.8 Å². The Hall–Kier alpha value is -1.06. The van der Waals surface area contributed by atoms with Crippen LogP contribution in [0.15, 0.2) is 24.3 Å². The Morgan fingerprint density at radius 2 is 2.12 bits per heavy atom. The van der Waals surface area contributed by atoms with E-state index in [9.17, 15) is 5.11 Å². The fourth-order valence-corrected chi connectivity index (χ4v) is 2.54. The van der Waals surface area contributed by atoms with E-state index in [-0.39, 0.29) is 5.41 Å². The van der Waals surface area contributed by atoms with Crippen molar-refractivity contribution in [3.05, 3.63) is 29.8 Å². The average molecular weight is 235 g/mol. The zero-order valence-electron chi connectivity index (χ0n) is 10.4. The third-order valence-corrected chi connectivity index (χ3v) is 3.85. The lowest BCUT2D eigenvalue weighted by Crippen LogP contribution is -2.42. The smallest absolute Gasteiger partial charge is 0.125 e. The fraction of sp³-hybridized carbons (Fsp3) is 0.571. The SMILES string of the molecule is CCOc1ccccc1C(O)C1(CN)CCC1. The van der Waals surface area contributed by atoms with E-state index in [0.717, 1.165) is 30.6 Å². The Bertz CT molecular complexity index is 369. The van der Waals surface area contributed by atoms with Crippen LogP contribution in [0.1, 0.15) is 37.9 Å². The standard InChI is InChI=1S/C14H21NO2/c1-2-17-12-7-4-3-6-11(12)13(16)14(10-15)8-5-9-14/h3-4,6-7,13,16H,2,5,8-10,15H2,1H3. The van der Waals surface area contributed by atoms with Gasteiger partial charge in [0.1, 0.15) is 5.75 Å². The summed E-state index contributed by atoms with van der Waals surface area (Å²) in [5, 5.41) is 10.5. The Kier molecular flexibility index (Phi) is 3.69. The van der Waals surface area contributed by atoms with Gasteiger partial charge in [-0.1, -0.05) is 24.6 Å². The zero-order valence-corrected chi connectivity index (χ0v) is 10.4. The van der Waals surface area contributed by atoms with Crippen molar-refractivity contribution < 1.29 is 9.84 Å². The van der Waals surface area contributed by atoms with Crippen LogP contribution in [0.25, 0.3) is 0 Å². The Labute approximate surface area is 103 Å². The number of para-hydroxylation sites is 1. The summed E-state index contributed by atoms with van der Waals surface area (Å²) in [6.07, 6.45) is 2.66. The van der Waals surface area contributed by atoms with Crippen LogP contribution in [0.2, 0.25) is 0 Å². The minimum atomic E-state index is -0.510. The first-order chi connectivity index (χ1) is 8.23. The van der Waals surface area contributed by atoms with Gasteiger partial charge in [-0.15, -0.1) is 0 Å². The van der Waals surface area contributed by atoms with Crippen molar-refractivity contribution in [2.75, 3.05) is 13.2 Å². The summed E-state index contributed by atoms with van der Waals surface area (Å²) in [5.74, 6) is 0.780. The Balaban J connectivity index is 2.26. The van der Waals surface area contributed by atoms with Crippen LogP contribution in [0.5, 0.6) is 5.75 Å². The van der Waals surface area contributed by atoms with Gasteiger partial charge in [0.15, 0.2) is 0 Å². The molecular formula is C14H21NO2. The van der Waals surface area contributed by atoms with Gasteiger partial charge in [-0.3, -0.25) is 0 Å². The molecule has 1 saturated carbocycles. The van der Waals surface area contributed by atoms with Crippen LogP contribution in [0, 0.1) is 5.41 Å². The maximum absolute atomic E-state index is 10.5. The van der Waals surface area contributed by atoms with Crippen LogP contribution < -0.4 is 10.5 Å². The van der Waals surface area contributed by atoms with E-state index in [2.05, 4.69) is 0 Å². The monoisotopic (exact) mass is 235 g/mol. The summed E-state index contributed by atoms with van der Waals surface area (Å²) in [6, 6.07) is 7.71. The molecule has 1 aliphatic carbocycles. The molecule has 2 rings (SSSR count). The summed E-state index contributed by atoms with van der Waals surface area (Å²) in [7, 11) is 0. The quantitative estimate of drug-likeness (QED) is 0.823. The summed E-state index contributed by atoms with van der Waals surface area (Å²) in [5.41, 5.74) is 6.57. The number of aliphatic hydroxyl groups excluding tert-OH is 1. The summed E-state index contributed by atoms with van der Waals surface area (Å²) < 4.78 is 5.57. The third-order valence-electron chi connectivity index (χ3n) is 3.85. The second-order valence-corrected chi connectivity index (χ2v) is 4.79. The lowest BCUT2D eigenvalue weighted by atomic mass is 9.63. The van der Waals surface area contributed by atoms with Crippen molar-refractivity contribution in [3.63, 3.8) is 0 Å². The predicted octanol–water partition coefficient (Wildman–Crippen LogP) is 2.25. The molecule has 0 radical (unpaired) electrons. The predicted molar refractivity (Wildman–Crippen MR) is 67.9 cm³/mol. The molecule has 94 valence electrons. The molecule has 1 unspecified atom stereocenters. The molecule has 0 aromatic heterocycles. The molecule has 17 heavy (non-hydrogen) atoms. The van der Waals surface area contributed by atoms with Crippen molar-refractivity contribution in [2.24, 2.45) is 11.1 Å². The molecule has 3 heteroatoms. The molecular weight excluding hydrogens is 214 g/mol. The summed E-state index contributed by atoms with van der Waals surface area (Å²) >= 11 is 0. The molecule has 0 saturated heterocycles. The van der Waals surface area contributed by atoms with E-state index in [1.54, 1.807) is 0 Å². The van der Waals surface area contributed by atoms with Gasteiger partial charge >= 0.3 is 0 Å². The van der Waals surface area contributed by atoms with Gasteiger partial charge in [-0.25, -0.2) is 0 Å². The van der Waals surface area contributed by atoms with Crippen molar-refractivity contribution in [1.29, 1.82) is 0 Å². The van der Waals surface area contributed by atoms with Crippen LogP contribution in [0.4, 0.5) is 0 Å². The first kappa shape index (κ1) is 12.4. The number of rotatable bonds is 5. The molecule has 1 aliphatic rings. The van der Waals surface area contributed by atoms with Crippen molar-refractivity contribution in [1.82, 2.24) is 0 Å². The van der Waals surface area contributed by atoms with E-state index >= 15 is 0 Å². The molecule has 0 spiro atoms. The van der Waals surface area contributed by atoms with E-state index in [4.69, 9.17) is 10.5 Å². The number of nitrogens with two attached hydrogens (primary N) is 1. The number of hydrogen-bond acceptors (Lipinski definition) is 3. The maximum Gasteiger partial charge on any atom is 0.125 e. The summed E-state index contributed by atoms with van der Waals surface area (Å²) in [6.45, 7) is 3.10. The minimum absolute atomic E-state index is 0.132. The van der Waals surface area contributed by atoms with Crippen molar-refractivity contribution >= 4 is 0 Å². The summed E-state index contributed by atoms with van der Waals surface area (Å²) in [4.78, 5) is 0. The van der Waals surface area contributed by atoms with Gasteiger partial charge in [-0.2, -0.15) is 0 Å². The second kappa shape index (κ2) is 5.07. The molecule has 0 bridgehead atoms. The normalized spacial score (nSPS) is 19.5. The molecule has 3 N–H and O–H groups in total. The molecule has 1 fully saturated rings. The molecule has 1 atom stereocenters. The highest BCUT2D eigenvalue weighted by Gasteiger charge is 2.43. The third kappa shape index (κ3) is 2.17. The molecule has 1 aromatic carbocycles. The largest absolute Gasteiger partial charge is 0.493 e. The van der Waals surface area contributed by atoms with Crippen LogP contribution in [-0.4, -0.2) is 18.3 Å². The topological polar surface area (TPSA) is 55.5 Å². The molecule has 0 amide bonds. The van der Waals surface area contributed by atoms with Gasteiger partial charge in [0.2, 0.25) is 0 Å². The fourth-order valence-electron chi connectivity index (χ4n) is 2.54. The number of hydrogen-bond donors (Lipinski definition) is 2. The molecule has 0 aliphatic heterocycles. The Morgan fingerprint density at radius 3 is 2.65 bits per heavy atom. The van der Waals surface area contributed by atoms with E-state index in [1.165, 1.54) is 0 Å². The second-order valence-electron chi connectivity index (χ2n) is 4.79. The van der Waals surface area contributed by atoms with Gasteiger partial charge in [0.25, 0.3) is 0 Å². The lowest BCUT2D eigenvalue weighted by molar-refractivity contribution is -0.0310. The van der Waals surface area contributed by atoms with Crippen LogP contribution >= 0.6 is 0 Å². The molecule has 3 nitrogen and oxygen atoms in total. The highest BCUT2D eigenvalue weighted by molar-refractivity contribution is 5.36. The van der Waals surface area contributed by atoms with Crippen LogP contribution in [-0.2, 0) is 0 Å². The maximum atomic E-state index is 10.5. The zero-order chi connectivity index (χ0) is 12.3. The first-order valence-electron chi connectivity index (χ1n) is 6.33. The number of ether oxygens (including phenoxy) is 1. The van der Waals surface area contributed by atoms with Crippen LogP contribution in [0.3, 0.4) is 0 Å². The van der Waals surface area contributed by atoms with E-state index < -0.39 is 6.10 Å². The number of benzene rings is 1. The Morgan fingerprint density at radius 1 is 1.41 bits per heavy atom. The highest BCUT2D eigenvalue weighted by atomic mass is 16.5. The van der Waals surface area contributed by atoms with E-state index in [0.29, 0.717) is 13.2 Å². The van der Waals surface area contributed by atoms with E-state index in [1.807, 2.05) is 31.2 Å². The van der Waals surface area contributed by atoms with Gasteiger partial charge in [0.05, 0.1) is 12.7 Å². The first-order valence-corrected chi connectivity index (χ1v) is 6.33. The molecule has 0 heterocycles. The molecule has 1 aromatic rings. The lowest BCUT2D eigenvalue weighted by Gasteiger charge is -2.45. The van der Waals surface area contributed by atoms with Crippen molar-refractivity contribution in [2.45, 2.75) is 32.3 Å². The van der Waals surface area contributed by atoms with Gasteiger partial charge < -0.3 is 15.6 Å². The number of aliphatic hydroxyl groups is 1. The van der Waals surface area contributed by atoms with Gasteiger partial charge in [0, 0.05) is 17.5 Å². The minimum Gasteiger partial charge on any atom is -0.493 e. The van der Waals surface area contributed by atoms with Crippen molar-refractivity contribution in [3.8, 4) is 5.75 Å². The average Bonchev–Trinajstić information content (AvgIpc) is 2.29. The highest BCUT2D eigenvalue weighted by Crippen LogP contribution is 2.50.